The minimum Gasteiger partial charge on any atom is -0.493 e. The lowest BCUT2D eigenvalue weighted by Gasteiger charge is -2.22. The summed E-state index contributed by atoms with van der Waals surface area (Å²) in [6.07, 6.45) is 2.54. The van der Waals surface area contributed by atoms with Crippen LogP contribution >= 0.6 is 0 Å². The first kappa shape index (κ1) is 32.0. The number of aromatic amines is 1. The summed E-state index contributed by atoms with van der Waals surface area (Å²) in [6, 6.07) is 13.0. The molecule has 0 fully saturated rings. The Bertz CT molecular complexity index is 1810. The molecule has 240 valence electrons. The number of fused-ring (bicyclic) bond motifs is 3. The standard InChI is InChI=1S/C34H38N6O6/c1-18(2)30(34(43)38-22-9-7-8-21(14-22)33-35-17-36-40-33)39-26-13-11-23-24(16-27(26)42)25(37-19(3)41)12-10-20-15-28(44-4)31(45-5)32(46-6)29(20)23/h7-9,11,13-18,25,30H,10,12H2,1-6H3,(H,37,41)(H,38,43)(H,39,42)(H,35,36,40). The number of carbonyl (C=O) groups excluding carboxylic acids is 2. The van der Waals surface area contributed by atoms with Crippen molar-refractivity contribution < 1.29 is 23.8 Å². The first-order chi connectivity index (χ1) is 22.1. The Labute approximate surface area is 266 Å². The van der Waals surface area contributed by atoms with Crippen LogP contribution in [0.2, 0.25) is 0 Å². The molecule has 46 heavy (non-hydrogen) atoms. The molecule has 3 aromatic carbocycles. The smallest absolute Gasteiger partial charge is 0.247 e. The highest BCUT2D eigenvalue weighted by Crippen LogP contribution is 2.50. The molecule has 12 heteroatoms. The molecule has 5 rings (SSSR count). The zero-order chi connectivity index (χ0) is 33.0. The second kappa shape index (κ2) is 13.7. The van der Waals surface area contributed by atoms with Crippen LogP contribution in [0.3, 0.4) is 0 Å². The Morgan fingerprint density at radius 2 is 1.78 bits per heavy atom. The van der Waals surface area contributed by atoms with E-state index >= 15 is 0 Å². The molecule has 1 aromatic heterocycles. The number of ether oxygens (including phenoxy) is 3. The molecule has 0 radical (unpaired) electrons. The molecule has 4 N–H and O–H groups in total. The van der Waals surface area contributed by atoms with E-state index in [4.69, 9.17) is 14.2 Å². The number of nitrogens with zero attached hydrogens (tertiary/aromatic N) is 2. The quantitative estimate of drug-likeness (QED) is 0.196. The number of aromatic nitrogens is 3. The first-order valence-corrected chi connectivity index (χ1v) is 15.0. The highest BCUT2D eigenvalue weighted by molar-refractivity contribution is 5.97. The number of carbonyl (C=O) groups is 2. The molecule has 2 amide bonds. The van der Waals surface area contributed by atoms with E-state index in [0.717, 1.165) is 16.7 Å². The van der Waals surface area contributed by atoms with Crippen LogP contribution in [0, 0.1) is 5.92 Å². The van der Waals surface area contributed by atoms with Crippen LogP contribution in [-0.2, 0) is 16.0 Å². The fraction of sp³-hybridized carbons (Fsp3) is 0.324. The number of anilines is 2. The van der Waals surface area contributed by atoms with E-state index in [1.54, 1.807) is 32.4 Å². The molecule has 0 saturated heterocycles. The van der Waals surface area contributed by atoms with Gasteiger partial charge in [0, 0.05) is 23.7 Å². The second-order valence-corrected chi connectivity index (χ2v) is 11.4. The van der Waals surface area contributed by atoms with E-state index in [1.807, 2.05) is 38.1 Å². The third kappa shape index (κ3) is 6.51. The molecule has 0 bridgehead atoms. The molecule has 1 heterocycles. The predicted octanol–water partition coefficient (Wildman–Crippen LogP) is 4.72. The topological polar surface area (TPSA) is 157 Å². The van der Waals surface area contributed by atoms with Crippen LogP contribution in [0.15, 0.2) is 59.7 Å². The number of aryl methyl sites for hydroxylation is 1. The Morgan fingerprint density at radius 1 is 1.00 bits per heavy atom. The summed E-state index contributed by atoms with van der Waals surface area (Å²) < 4.78 is 17.1. The summed E-state index contributed by atoms with van der Waals surface area (Å²) in [4.78, 5) is 43.9. The van der Waals surface area contributed by atoms with Gasteiger partial charge in [0.05, 0.1) is 33.1 Å². The number of hydrogen-bond donors (Lipinski definition) is 4. The van der Waals surface area contributed by atoms with Gasteiger partial charge in [0.15, 0.2) is 17.3 Å². The minimum atomic E-state index is -0.749. The van der Waals surface area contributed by atoms with Crippen molar-refractivity contribution in [1.82, 2.24) is 20.5 Å². The SMILES string of the molecule is COc1cc2c(c(OC)c1OC)-c1ccc(NC(C(=O)Nc3cccc(-c4ncn[nH]4)c3)C(C)C)c(=O)cc1C(NC(C)=O)CC2. The van der Waals surface area contributed by atoms with Crippen molar-refractivity contribution in [3.8, 4) is 39.8 Å². The molecule has 0 aliphatic heterocycles. The van der Waals surface area contributed by atoms with Crippen molar-refractivity contribution in [2.45, 2.75) is 45.7 Å². The van der Waals surface area contributed by atoms with Gasteiger partial charge in [0.1, 0.15) is 12.4 Å². The van der Waals surface area contributed by atoms with Gasteiger partial charge in [0.25, 0.3) is 0 Å². The van der Waals surface area contributed by atoms with Gasteiger partial charge >= 0.3 is 0 Å². The highest BCUT2D eigenvalue weighted by atomic mass is 16.5. The van der Waals surface area contributed by atoms with Crippen LogP contribution in [0.1, 0.15) is 44.4 Å². The van der Waals surface area contributed by atoms with E-state index in [1.165, 1.54) is 26.4 Å². The van der Waals surface area contributed by atoms with Crippen molar-refractivity contribution in [2.75, 3.05) is 32.0 Å². The normalized spacial score (nSPS) is 14.3. The van der Waals surface area contributed by atoms with Gasteiger partial charge in [-0.3, -0.25) is 19.5 Å². The summed E-state index contributed by atoms with van der Waals surface area (Å²) >= 11 is 0. The van der Waals surface area contributed by atoms with Gasteiger partial charge in [-0.1, -0.05) is 32.0 Å². The van der Waals surface area contributed by atoms with Gasteiger partial charge in [-0.15, -0.1) is 0 Å². The van der Waals surface area contributed by atoms with E-state index in [0.29, 0.717) is 52.7 Å². The monoisotopic (exact) mass is 626 g/mol. The lowest BCUT2D eigenvalue weighted by atomic mass is 9.95. The number of amides is 2. The first-order valence-electron chi connectivity index (χ1n) is 15.0. The van der Waals surface area contributed by atoms with Gasteiger partial charge in [0.2, 0.25) is 23.0 Å². The molecular weight excluding hydrogens is 588 g/mol. The van der Waals surface area contributed by atoms with Crippen molar-refractivity contribution in [1.29, 1.82) is 0 Å². The van der Waals surface area contributed by atoms with Crippen molar-refractivity contribution in [2.24, 2.45) is 5.92 Å². The maximum atomic E-state index is 13.8. The van der Waals surface area contributed by atoms with Gasteiger partial charge in [-0.25, -0.2) is 4.98 Å². The van der Waals surface area contributed by atoms with Crippen LogP contribution in [0.5, 0.6) is 17.2 Å². The zero-order valence-electron chi connectivity index (χ0n) is 26.7. The second-order valence-electron chi connectivity index (χ2n) is 11.4. The van der Waals surface area contributed by atoms with E-state index in [9.17, 15) is 14.4 Å². The lowest BCUT2D eigenvalue weighted by molar-refractivity contribution is -0.120. The summed E-state index contributed by atoms with van der Waals surface area (Å²) in [6.45, 7) is 5.25. The molecule has 4 aromatic rings. The highest BCUT2D eigenvalue weighted by Gasteiger charge is 2.30. The molecule has 0 spiro atoms. The number of rotatable bonds is 10. The number of benzene rings is 2. The van der Waals surface area contributed by atoms with Crippen LogP contribution in [0.25, 0.3) is 22.5 Å². The molecule has 1 aliphatic carbocycles. The van der Waals surface area contributed by atoms with Gasteiger partial charge in [-0.2, -0.15) is 5.10 Å². The summed E-state index contributed by atoms with van der Waals surface area (Å²) in [7, 11) is 4.65. The largest absolute Gasteiger partial charge is 0.493 e. The fourth-order valence-corrected chi connectivity index (χ4v) is 5.84. The van der Waals surface area contributed by atoms with Crippen LogP contribution in [0.4, 0.5) is 11.4 Å². The molecule has 12 nitrogen and oxygen atoms in total. The lowest BCUT2D eigenvalue weighted by Crippen LogP contribution is -2.39. The molecule has 0 saturated carbocycles. The predicted molar refractivity (Wildman–Crippen MR) is 175 cm³/mol. The van der Waals surface area contributed by atoms with Gasteiger partial charge in [-0.05, 0) is 65.8 Å². The third-order valence-corrected chi connectivity index (χ3v) is 7.99. The van der Waals surface area contributed by atoms with Crippen molar-refractivity contribution in [3.05, 3.63) is 76.2 Å². The van der Waals surface area contributed by atoms with Crippen LogP contribution in [-0.4, -0.2) is 54.4 Å². The van der Waals surface area contributed by atoms with Crippen molar-refractivity contribution >= 4 is 23.2 Å². The molecule has 2 unspecified atom stereocenters. The summed E-state index contributed by atoms with van der Waals surface area (Å²) in [5.74, 6) is 1.27. The average molecular weight is 627 g/mol. The van der Waals surface area contributed by atoms with E-state index in [-0.39, 0.29) is 28.8 Å². The Kier molecular flexibility index (Phi) is 9.55. The molecule has 2 atom stereocenters. The van der Waals surface area contributed by atoms with Crippen LogP contribution < -0.4 is 35.6 Å². The Hall–Kier alpha value is -5.39. The average Bonchev–Trinajstić information content (AvgIpc) is 3.48. The number of hydrogen-bond acceptors (Lipinski definition) is 9. The minimum absolute atomic E-state index is 0.176. The Balaban J connectivity index is 1.56. The van der Waals surface area contributed by atoms with Gasteiger partial charge < -0.3 is 30.2 Å². The summed E-state index contributed by atoms with van der Waals surface area (Å²) in [5, 5.41) is 15.9. The fourth-order valence-electron chi connectivity index (χ4n) is 5.84. The molecular formula is C34H38N6O6. The Morgan fingerprint density at radius 3 is 2.43 bits per heavy atom. The number of nitrogens with one attached hydrogen (secondary N) is 4. The van der Waals surface area contributed by atoms with E-state index in [2.05, 4.69) is 31.1 Å². The number of H-pyrrole nitrogens is 1. The molecule has 1 aliphatic rings. The summed E-state index contributed by atoms with van der Waals surface area (Å²) in [5.41, 5.74) is 4.24. The number of methoxy groups -OCH3 is 3. The maximum absolute atomic E-state index is 13.8. The third-order valence-electron chi connectivity index (χ3n) is 7.99. The maximum Gasteiger partial charge on any atom is 0.247 e. The zero-order valence-corrected chi connectivity index (χ0v) is 26.7. The van der Waals surface area contributed by atoms with Crippen molar-refractivity contribution in [3.63, 3.8) is 0 Å². The van der Waals surface area contributed by atoms with E-state index < -0.39 is 12.1 Å².